The van der Waals surface area contributed by atoms with Crippen LogP contribution in [-0.2, 0) is 34.9 Å². The highest BCUT2D eigenvalue weighted by Crippen LogP contribution is 2.16. The average molecular weight is 546 g/mol. The fourth-order valence-electron chi connectivity index (χ4n) is 3.14. The van der Waals surface area contributed by atoms with Crippen molar-refractivity contribution in [1.29, 1.82) is 0 Å². The Morgan fingerprint density at radius 1 is 0.795 bits per heavy atom. The molecule has 1 atom stereocenters. The van der Waals surface area contributed by atoms with Crippen LogP contribution in [0.25, 0.3) is 0 Å². The Kier molecular flexibility index (Phi) is 13.4. The molecule has 0 aliphatic rings. The van der Waals surface area contributed by atoms with Crippen molar-refractivity contribution >= 4 is 29.3 Å². The molecule has 2 aromatic rings. The van der Waals surface area contributed by atoms with Gasteiger partial charge in [-0.25, -0.2) is 9.59 Å². The van der Waals surface area contributed by atoms with E-state index in [1.54, 1.807) is 76.4 Å². The fraction of sp³-hybridized carbons (Fsp3) is 0.464. The Morgan fingerprint density at radius 2 is 1.33 bits per heavy atom. The van der Waals surface area contributed by atoms with E-state index in [4.69, 9.17) is 29.4 Å². The zero-order valence-corrected chi connectivity index (χ0v) is 23.0. The molecule has 0 aliphatic heterocycles. The molecule has 0 aliphatic carbocycles. The fourth-order valence-corrected chi connectivity index (χ4v) is 3.14. The summed E-state index contributed by atoms with van der Waals surface area (Å²) >= 11 is 0. The van der Waals surface area contributed by atoms with Crippen LogP contribution in [0.1, 0.15) is 36.7 Å². The Bertz CT molecular complexity index is 1040. The summed E-state index contributed by atoms with van der Waals surface area (Å²) < 4.78 is 25.9. The molecule has 0 aromatic heterocycles. The first-order chi connectivity index (χ1) is 18.6. The van der Waals surface area contributed by atoms with Crippen molar-refractivity contribution in [3.05, 3.63) is 59.7 Å². The van der Waals surface area contributed by atoms with Crippen LogP contribution in [0.4, 0.5) is 16.2 Å². The number of nitrogens with one attached hydrogen (secondary N) is 2. The average Bonchev–Trinajstić information content (AvgIpc) is 2.88. The third kappa shape index (κ3) is 13.2. The minimum atomic E-state index is -0.801. The molecule has 4 N–H and O–H groups in total. The van der Waals surface area contributed by atoms with E-state index >= 15 is 0 Å². The van der Waals surface area contributed by atoms with Crippen molar-refractivity contribution in [2.75, 3.05) is 57.4 Å². The van der Waals surface area contributed by atoms with Crippen LogP contribution in [-0.4, -0.2) is 76.4 Å². The van der Waals surface area contributed by atoms with Crippen molar-refractivity contribution in [3.8, 4) is 0 Å². The van der Waals surface area contributed by atoms with Crippen molar-refractivity contribution in [2.24, 2.45) is 5.73 Å². The Hall–Kier alpha value is -3.51. The van der Waals surface area contributed by atoms with E-state index in [2.05, 4.69) is 10.6 Å². The number of amides is 2. The van der Waals surface area contributed by atoms with Crippen molar-refractivity contribution in [1.82, 2.24) is 0 Å². The lowest BCUT2D eigenvalue weighted by Crippen LogP contribution is -2.37. The normalized spacial score (nSPS) is 11.9. The number of hydrogen-bond acceptors (Lipinski definition) is 9. The summed E-state index contributed by atoms with van der Waals surface area (Å²) in [5.74, 6) is -0.803. The number of hydrogen-bond donors (Lipinski definition) is 3. The molecule has 0 bridgehead atoms. The van der Waals surface area contributed by atoms with Crippen LogP contribution >= 0.6 is 0 Å². The molecular weight excluding hydrogens is 506 g/mol. The smallest absolute Gasteiger partial charge is 0.411 e. The summed E-state index contributed by atoms with van der Waals surface area (Å²) in [6.45, 7) is 7.62. The maximum Gasteiger partial charge on any atom is 0.411 e. The summed E-state index contributed by atoms with van der Waals surface area (Å²) in [4.78, 5) is 36.6. The monoisotopic (exact) mass is 545 g/mol. The maximum absolute atomic E-state index is 12.5. The largest absolute Gasteiger partial charge is 0.456 e. The highest BCUT2D eigenvalue weighted by Gasteiger charge is 2.18. The summed E-state index contributed by atoms with van der Waals surface area (Å²) in [6.07, 6.45) is -0.310. The van der Waals surface area contributed by atoms with Gasteiger partial charge in [-0.1, -0.05) is 12.1 Å². The summed E-state index contributed by atoms with van der Waals surface area (Å²) in [5.41, 5.74) is 7.75. The number of rotatable bonds is 15. The lowest BCUT2D eigenvalue weighted by Gasteiger charge is -2.19. The minimum absolute atomic E-state index is 0.107. The molecule has 0 spiro atoms. The van der Waals surface area contributed by atoms with Crippen LogP contribution in [0.15, 0.2) is 48.5 Å². The molecule has 11 nitrogen and oxygen atoms in total. The van der Waals surface area contributed by atoms with E-state index in [1.807, 2.05) is 0 Å². The topological polar surface area (TPSA) is 147 Å². The third-order valence-electron chi connectivity index (χ3n) is 5.04. The Balaban J connectivity index is 1.70. The molecule has 0 saturated carbocycles. The van der Waals surface area contributed by atoms with Gasteiger partial charge in [0.2, 0.25) is 5.91 Å². The van der Waals surface area contributed by atoms with Crippen LogP contribution < -0.4 is 16.4 Å². The zero-order valence-electron chi connectivity index (χ0n) is 23.0. The number of benzene rings is 2. The van der Waals surface area contributed by atoms with Crippen molar-refractivity contribution < 1.29 is 38.1 Å². The van der Waals surface area contributed by atoms with Gasteiger partial charge in [-0.15, -0.1) is 0 Å². The molecule has 0 saturated heterocycles. The second-order valence-corrected chi connectivity index (χ2v) is 9.55. The second-order valence-electron chi connectivity index (χ2n) is 9.55. The van der Waals surface area contributed by atoms with Gasteiger partial charge in [0.05, 0.1) is 44.6 Å². The number of nitrogens with two attached hydrogens (primary N) is 1. The molecule has 39 heavy (non-hydrogen) atoms. The van der Waals surface area contributed by atoms with Gasteiger partial charge >= 0.3 is 12.1 Å². The van der Waals surface area contributed by atoms with Gasteiger partial charge in [0.25, 0.3) is 0 Å². The molecule has 0 heterocycles. The standard InChI is InChI=1S/C28H39N3O8/c1-28(2,3)39-26(33)21-7-11-22(12-8-21)30-25(32)24(29)19-20-5-9-23(10-6-20)31-27(34)38-18-17-37-16-15-36-14-13-35-4/h5-12,24H,13-19,29H2,1-4H3,(H,30,32)(H,31,34)/t24-/m0/s1. The van der Waals surface area contributed by atoms with E-state index in [0.29, 0.717) is 49.8 Å². The first-order valence-corrected chi connectivity index (χ1v) is 12.6. The van der Waals surface area contributed by atoms with Gasteiger partial charge < -0.3 is 34.7 Å². The third-order valence-corrected chi connectivity index (χ3v) is 5.04. The number of ether oxygens (including phenoxy) is 5. The SMILES string of the molecule is COCCOCCOCCOC(=O)Nc1ccc(C[C@H](N)C(=O)Nc2ccc(C(=O)OC(C)(C)C)cc2)cc1. The molecule has 0 unspecified atom stereocenters. The van der Waals surface area contributed by atoms with E-state index in [1.165, 1.54) is 0 Å². The van der Waals surface area contributed by atoms with Crippen LogP contribution in [0, 0.1) is 0 Å². The predicted octanol–water partition coefficient (Wildman–Crippen LogP) is 3.38. The zero-order chi connectivity index (χ0) is 28.7. The van der Waals surface area contributed by atoms with Crippen molar-refractivity contribution in [3.63, 3.8) is 0 Å². The molecular formula is C28H39N3O8. The number of anilines is 2. The molecule has 0 radical (unpaired) electrons. The highest BCUT2D eigenvalue weighted by molar-refractivity contribution is 5.96. The summed E-state index contributed by atoms with van der Waals surface area (Å²) in [7, 11) is 1.60. The second kappa shape index (κ2) is 16.5. The quantitative estimate of drug-likeness (QED) is 0.226. The van der Waals surface area contributed by atoms with E-state index in [-0.39, 0.29) is 19.1 Å². The molecule has 2 amide bonds. The van der Waals surface area contributed by atoms with Gasteiger partial charge in [-0.05, 0) is 69.2 Å². The molecule has 0 fully saturated rings. The van der Waals surface area contributed by atoms with Crippen molar-refractivity contribution in [2.45, 2.75) is 38.8 Å². The highest BCUT2D eigenvalue weighted by atomic mass is 16.6. The van der Waals surface area contributed by atoms with E-state index in [0.717, 1.165) is 5.56 Å². The maximum atomic E-state index is 12.5. The summed E-state index contributed by atoms with van der Waals surface area (Å²) in [6, 6.07) is 12.5. The van der Waals surface area contributed by atoms with E-state index < -0.39 is 23.7 Å². The van der Waals surface area contributed by atoms with Crippen LogP contribution in [0.3, 0.4) is 0 Å². The molecule has 214 valence electrons. The lowest BCUT2D eigenvalue weighted by atomic mass is 10.1. The molecule has 2 aromatic carbocycles. The van der Waals surface area contributed by atoms with Gasteiger partial charge in [-0.3, -0.25) is 10.1 Å². The first kappa shape index (κ1) is 31.7. The van der Waals surface area contributed by atoms with Crippen LogP contribution in [0.2, 0.25) is 0 Å². The molecule has 2 rings (SSSR count). The summed E-state index contributed by atoms with van der Waals surface area (Å²) in [5, 5.41) is 5.37. The first-order valence-electron chi connectivity index (χ1n) is 12.6. The molecule has 11 heteroatoms. The number of esters is 1. The van der Waals surface area contributed by atoms with Gasteiger partial charge in [0.1, 0.15) is 12.2 Å². The Labute approximate surface area is 229 Å². The number of carbonyl (C=O) groups excluding carboxylic acids is 3. The number of carbonyl (C=O) groups is 3. The minimum Gasteiger partial charge on any atom is -0.456 e. The van der Waals surface area contributed by atoms with Gasteiger partial charge in [0, 0.05) is 18.5 Å². The van der Waals surface area contributed by atoms with Crippen LogP contribution in [0.5, 0.6) is 0 Å². The van der Waals surface area contributed by atoms with Gasteiger partial charge in [0.15, 0.2) is 0 Å². The lowest BCUT2D eigenvalue weighted by molar-refractivity contribution is -0.117. The predicted molar refractivity (Wildman–Crippen MR) is 147 cm³/mol. The number of methoxy groups -OCH3 is 1. The van der Waals surface area contributed by atoms with E-state index in [9.17, 15) is 14.4 Å². The Morgan fingerprint density at radius 3 is 1.92 bits per heavy atom. The van der Waals surface area contributed by atoms with Gasteiger partial charge in [-0.2, -0.15) is 0 Å².